The van der Waals surface area contributed by atoms with Crippen LogP contribution in [0.15, 0.2) is 54.6 Å². The van der Waals surface area contributed by atoms with Crippen molar-refractivity contribution in [2.24, 2.45) is 0 Å². The van der Waals surface area contributed by atoms with Crippen molar-refractivity contribution in [2.45, 2.75) is 19.0 Å². The molecule has 0 saturated heterocycles. The summed E-state index contributed by atoms with van der Waals surface area (Å²) < 4.78 is 5.29. The molecule has 7 nitrogen and oxygen atoms in total. The zero-order chi connectivity index (χ0) is 21.9. The maximum atomic E-state index is 12.2. The van der Waals surface area contributed by atoms with Crippen LogP contribution in [-0.2, 0) is 11.3 Å². The summed E-state index contributed by atoms with van der Waals surface area (Å²) in [5, 5.41) is 5.75. The number of hydrogen-bond donors (Lipinski definition) is 2. The second-order valence-electron chi connectivity index (χ2n) is 7.38. The highest BCUT2D eigenvalue weighted by molar-refractivity contribution is 5.78. The summed E-state index contributed by atoms with van der Waals surface area (Å²) in [5.74, 6) is 0.684. The summed E-state index contributed by atoms with van der Waals surface area (Å²) in [6.07, 6.45) is 0.225. The van der Waals surface area contributed by atoms with E-state index in [4.69, 9.17) is 4.74 Å². The molecule has 2 rings (SSSR count). The second kappa shape index (κ2) is 11.8. The fourth-order valence-corrected chi connectivity index (χ4v) is 3.09. The number of benzene rings is 2. The van der Waals surface area contributed by atoms with Crippen LogP contribution in [0.2, 0.25) is 0 Å². The number of urea groups is 1. The molecule has 0 aliphatic heterocycles. The SMILES string of the molecule is COc1cccc(C(CNC(=O)CCNC(=O)N(C)Cc2ccccc2)N(C)C)c1. The molecule has 7 heteroatoms. The van der Waals surface area contributed by atoms with Crippen LogP contribution >= 0.6 is 0 Å². The summed E-state index contributed by atoms with van der Waals surface area (Å²) in [7, 11) is 7.31. The molecule has 1 atom stereocenters. The van der Waals surface area contributed by atoms with Gasteiger partial charge in [0.1, 0.15) is 5.75 Å². The summed E-state index contributed by atoms with van der Waals surface area (Å²) in [4.78, 5) is 28.1. The Morgan fingerprint density at radius 2 is 1.73 bits per heavy atom. The van der Waals surface area contributed by atoms with E-state index in [0.717, 1.165) is 16.9 Å². The van der Waals surface area contributed by atoms with Crippen LogP contribution in [0.1, 0.15) is 23.6 Å². The fourth-order valence-electron chi connectivity index (χ4n) is 3.09. The van der Waals surface area contributed by atoms with Crippen molar-refractivity contribution in [1.82, 2.24) is 20.4 Å². The van der Waals surface area contributed by atoms with Gasteiger partial charge < -0.3 is 25.2 Å². The highest BCUT2D eigenvalue weighted by Gasteiger charge is 2.16. The van der Waals surface area contributed by atoms with Gasteiger partial charge in [-0.1, -0.05) is 42.5 Å². The molecule has 0 bridgehead atoms. The van der Waals surface area contributed by atoms with Gasteiger partial charge in [0.2, 0.25) is 5.91 Å². The molecule has 0 fully saturated rings. The second-order valence-corrected chi connectivity index (χ2v) is 7.38. The topological polar surface area (TPSA) is 73.9 Å². The van der Waals surface area contributed by atoms with Gasteiger partial charge in [0.05, 0.1) is 13.2 Å². The van der Waals surface area contributed by atoms with Crippen LogP contribution in [0.3, 0.4) is 0 Å². The van der Waals surface area contributed by atoms with E-state index >= 15 is 0 Å². The van der Waals surface area contributed by atoms with E-state index in [0.29, 0.717) is 13.1 Å². The fraction of sp³-hybridized carbons (Fsp3) is 0.391. The van der Waals surface area contributed by atoms with E-state index in [1.54, 1.807) is 19.1 Å². The first-order valence-electron chi connectivity index (χ1n) is 10.0. The lowest BCUT2D eigenvalue weighted by atomic mass is 10.1. The van der Waals surface area contributed by atoms with Crippen molar-refractivity contribution in [3.8, 4) is 5.75 Å². The van der Waals surface area contributed by atoms with Gasteiger partial charge in [-0.25, -0.2) is 4.79 Å². The molecule has 30 heavy (non-hydrogen) atoms. The average molecular weight is 413 g/mol. The van der Waals surface area contributed by atoms with Crippen LogP contribution < -0.4 is 15.4 Å². The van der Waals surface area contributed by atoms with Crippen molar-refractivity contribution in [3.63, 3.8) is 0 Å². The van der Waals surface area contributed by atoms with E-state index in [1.807, 2.05) is 68.7 Å². The van der Waals surface area contributed by atoms with Gasteiger partial charge in [0.25, 0.3) is 0 Å². The third kappa shape index (κ3) is 7.40. The van der Waals surface area contributed by atoms with Crippen LogP contribution in [-0.4, -0.2) is 63.1 Å². The van der Waals surface area contributed by atoms with E-state index < -0.39 is 0 Å². The quantitative estimate of drug-likeness (QED) is 0.629. The number of carbonyl (C=O) groups excluding carboxylic acids is 2. The molecule has 3 amide bonds. The Labute approximate surface area is 179 Å². The Bertz CT molecular complexity index is 811. The number of ether oxygens (including phenoxy) is 1. The Morgan fingerprint density at radius 3 is 2.40 bits per heavy atom. The number of amides is 3. The predicted octanol–water partition coefficient (Wildman–Crippen LogP) is 2.65. The van der Waals surface area contributed by atoms with Gasteiger partial charge in [-0.05, 0) is 37.4 Å². The van der Waals surface area contributed by atoms with Gasteiger partial charge in [0.15, 0.2) is 0 Å². The molecule has 0 heterocycles. The number of hydrogen-bond acceptors (Lipinski definition) is 4. The zero-order valence-electron chi connectivity index (χ0n) is 18.2. The minimum Gasteiger partial charge on any atom is -0.497 e. The molecule has 162 valence electrons. The number of nitrogens with zero attached hydrogens (tertiary/aromatic N) is 2. The van der Waals surface area contributed by atoms with E-state index in [2.05, 4.69) is 15.5 Å². The molecule has 0 aliphatic carbocycles. The van der Waals surface area contributed by atoms with Crippen LogP contribution in [0.5, 0.6) is 5.75 Å². The summed E-state index contributed by atoms with van der Waals surface area (Å²) in [6.45, 7) is 1.28. The van der Waals surface area contributed by atoms with Gasteiger partial charge >= 0.3 is 6.03 Å². The Morgan fingerprint density at radius 1 is 1.00 bits per heavy atom. The summed E-state index contributed by atoms with van der Waals surface area (Å²) >= 11 is 0. The molecule has 2 aromatic carbocycles. The van der Waals surface area contributed by atoms with Crippen LogP contribution in [0, 0.1) is 0 Å². The molecular formula is C23H32N4O3. The average Bonchev–Trinajstić information content (AvgIpc) is 2.74. The first-order chi connectivity index (χ1) is 14.4. The van der Waals surface area contributed by atoms with Crippen molar-refractivity contribution in [3.05, 3.63) is 65.7 Å². The number of rotatable bonds is 10. The normalized spacial score (nSPS) is 11.6. The molecule has 0 spiro atoms. The molecule has 0 radical (unpaired) electrons. The monoisotopic (exact) mass is 412 g/mol. The minimum absolute atomic E-state index is 0.0237. The lowest BCUT2D eigenvalue weighted by Crippen LogP contribution is -2.39. The number of methoxy groups -OCH3 is 1. The van der Waals surface area contributed by atoms with Crippen LogP contribution in [0.25, 0.3) is 0 Å². The first kappa shape index (κ1) is 23.2. The van der Waals surface area contributed by atoms with Gasteiger partial charge in [-0.3, -0.25) is 4.79 Å². The van der Waals surface area contributed by atoms with Crippen molar-refractivity contribution < 1.29 is 14.3 Å². The zero-order valence-corrected chi connectivity index (χ0v) is 18.2. The molecule has 2 N–H and O–H groups in total. The maximum Gasteiger partial charge on any atom is 0.317 e. The molecular weight excluding hydrogens is 380 g/mol. The largest absolute Gasteiger partial charge is 0.497 e. The standard InChI is InChI=1S/C23H32N4O3/c1-26(2)21(19-11-8-12-20(15-19)30-4)16-25-22(28)13-14-24-23(29)27(3)17-18-9-6-5-7-10-18/h5-12,15,21H,13-14,16-17H2,1-4H3,(H,24,29)(H,25,28). The maximum absolute atomic E-state index is 12.2. The number of carbonyl (C=O) groups is 2. The van der Waals surface area contributed by atoms with Crippen LogP contribution in [0.4, 0.5) is 4.79 Å². The molecule has 0 aliphatic rings. The Kier molecular flexibility index (Phi) is 9.15. The third-order valence-electron chi connectivity index (χ3n) is 4.83. The number of nitrogens with one attached hydrogen (secondary N) is 2. The van der Waals surface area contributed by atoms with E-state index in [-0.39, 0.29) is 30.9 Å². The lowest BCUT2D eigenvalue weighted by Gasteiger charge is -2.25. The number of likely N-dealkylation sites (N-methyl/N-ethyl adjacent to an activating group) is 1. The highest BCUT2D eigenvalue weighted by Crippen LogP contribution is 2.22. The van der Waals surface area contributed by atoms with Gasteiger partial charge in [-0.15, -0.1) is 0 Å². The molecule has 0 saturated carbocycles. The lowest BCUT2D eigenvalue weighted by molar-refractivity contribution is -0.121. The third-order valence-corrected chi connectivity index (χ3v) is 4.83. The highest BCUT2D eigenvalue weighted by atomic mass is 16.5. The summed E-state index contributed by atoms with van der Waals surface area (Å²) in [5.41, 5.74) is 2.12. The predicted molar refractivity (Wildman–Crippen MR) is 118 cm³/mol. The van der Waals surface area contributed by atoms with Crippen molar-refractivity contribution in [1.29, 1.82) is 0 Å². The molecule has 1 unspecified atom stereocenters. The minimum atomic E-state index is -0.200. The van der Waals surface area contributed by atoms with Crippen molar-refractivity contribution in [2.75, 3.05) is 41.3 Å². The molecule has 2 aromatic rings. The van der Waals surface area contributed by atoms with Gasteiger partial charge in [0, 0.05) is 33.1 Å². The smallest absolute Gasteiger partial charge is 0.317 e. The molecule has 0 aromatic heterocycles. The summed E-state index contributed by atoms with van der Waals surface area (Å²) in [6, 6.07) is 17.4. The Hall–Kier alpha value is -3.06. The van der Waals surface area contributed by atoms with E-state index in [1.165, 1.54) is 0 Å². The van der Waals surface area contributed by atoms with Gasteiger partial charge in [-0.2, -0.15) is 0 Å². The first-order valence-corrected chi connectivity index (χ1v) is 10.0. The van der Waals surface area contributed by atoms with Crippen molar-refractivity contribution >= 4 is 11.9 Å². The Balaban J connectivity index is 1.75. The van der Waals surface area contributed by atoms with E-state index in [9.17, 15) is 9.59 Å².